The molecular weight excluding hydrogens is 274 g/mol. The number of carbonyl (C=O) groups excluding carboxylic acids is 2. The zero-order valence-corrected chi connectivity index (χ0v) is 12.6. The van der Waals surface area contributed by atoms with Crippen molar-refractivity contribution in [3.63, 3.8) is 0 Å². The van der Waals surface area contributed by atoms with Gasteiger partial charge in [0.25, 0.3) is 0 Å². The maximum atomic E-state index is 12.1. The molecule has 3 nitrogen and oxygen atoms in total. The Morgan fingerprint density at radius 1 is 1.05 bits per heavy atom. The van der Waals surface area contributed by atoms with Crippen LogP contribution < -0.4 is 0 Å². The van der Waals surface area contributed by atoms with Gasteiger partial charge in [-0.05, 0) is 42.2 Å². The summed E-state index contributed by atoms with van der Waals surface area (Å²) < 4.78 is 0. The number of ketones is 2. The number of nitrogens with zero attached hydrogens (tertiary/aromatic N) is 1. The molecule has 0 aliphatic heterocycles. The van der Waals surface area contributed by atoms with Crippen LogP contribution in [0.15, 0.2) is 48.8 Å². The van der Waals surface area contributed by atoms with E-state index in [0.29, 0.717) is 0 Å². The summed E-state index contributed by atoms with van der Waals surface area (Å²) in [7, 11) is 0. The third-order valence-corrected chi connectivity index (χ3v) is 4.18. The highest BCUT2D eigenvalue weighted by atomic mass is 16.1. The third-order valence-electron chi connectivity index (χ3n) is 4.18. The van der Waals surface area contributed by atoms with E-state index in [9.17, 15) is 9.59 Å². The van der Waals surface area contributed by atoms with Crippen LogP contribution in [-0.2, 0) is 9.59 Å². The molecule has 1 aliphatic carbocycles. The van der Waals surface area contributed by atoms with Gasteiger partial charge >= 0.3 is 0 Å². The molecule has 1 aromatic heterocycles. The van der Waals surface area contributed by atoms with E-state index in [1.165, 1.54) is 13.8 Å². The number of hydrogen-bond donors (Lipinski definition) is 0. The quantitative estimate of drug-likeness (QED) is 0.810. The lowest BCUT2D eigenvalue weighted by Gasteiger charge is -2.23. The van der Waals surface area contributed by atoms with E-state index in [0.717, 1.165) is 22.3 Å². The van der Waals surface area contributed by atoms with Crippen molar-refractivity contribution < 1.29 is 9.59 Å². The Morgan fingerprint density at radius 2 is 1.77 bits per heavy atom. The number of benzene rings is 1. The van der Waals surface area contributed by atoms with Crippen LogP contribution in [0.2, 0.25) is 0 Å². The predicted molar refractivity (Wildman–Crippen MR) is 86.1 cm³/mol. The first-order chi connectivity index (χ1) is 10.6. The van der Waals surface area contributed by atoms with Crippen molar-refractivity contribution in [1.29, 1.82) is 0 Å². The second kappa shape index (κ2) is 5.68. The summed E-state index contributed by atoms with van der Waals surface area (Å²) in [5, 5.41) is 0. The molecular formula is C19H17NO2. The highest BCUT2D eigenvalue weighted by Gasteiger charge is 2.37. The standard InChI is InChI=1S/C19H17NO2/c1-12(21)18(13(2)22)19-16-8-4-3-6-14(16)10-17(19)15-7-5-9-20-11-15/h3-11,18-19H,1-2H3. The lowest BCUT2D eigenvalue weighted by molar-refractivity contribution is -0.130. The van der Waals surface area contributed by atoms with E-state index >= 15 is 0 Å². The molecule has 0 fully saturated rings. The molecule has 0 radical (unpaired) electrons. The summed E-state index contributed by atoms with van der Waals surface area (Å²) in [6, 6.07) is 11.8. The number of allylic oxidation sites excluding steroid dienone is 1. The fourth-order valence-electron chi connectivity index (χ4n) is 3.26. The zero-order chi connectivity index (χ0) is 15.7. The Labute approximate surface area is 129 Å². The van der Waals surface area contributed by atoms with Gasteiger partial charge in [0.2, 0.25) is 0 Å². The van der Waals surface area contributed by atoms with Gasteiger partial charge in [-0.1, -0.05) is 36.4 Å². The first kappa shape index (κ1) is 14.4. The van der Waals surface area contributed by atoms with Crippen molar-refractivity contribution in [3.05, 3.63) is 65.5 Å². The molecule has 0 saturated heterocycles. The molecule has 0 N–H and O–H groups in total. The van der Waals surface area contributed by atoms with Crippen LogP contribution in [0, 0.1) is 5.92 Å². The molecule has 1 atom stereocenters. The van der Waals surface area contributed by atoms with Crippen LogP contribution in [0.3, 0.4) is 0 Å². The van der Waals surface area contributed by atoms with Crippen molar-refractivity contribution in [1.82, 2.24) is 4.98 Å². The molecule has 0 spiro atoms. The van der Waals surface area contributed by atoms with Crippen LogP contribution in [0.4, 0.5) is 0 Å². The molecule has 1 heterocycles. The fraction of sp³-hybridized carbons (Fsp3) is 0.211. The average Bonchev–Trinajstić information content (AvgIpc) is 2.87. The van der Waals surface area contributed by atoms with Gasteiger partial charge < -0.3 is 0 Å². The second-order valence-electron chi connectivity index (χ2n) is 5.65. The second-order valence-corrected chi connectivity index (χ2v) is 5.65. The SMILES string of the molecule is CC(=O)C(C(C)=O)C1C(c2cccnc2)=Cc2ccccc21. The summed E-state index contributed by atoms with van der Waals surface area (Å²) in [6.07, 6.45) is 5.56. The van der Waals surface area contributed by atoms with Gasteiger partial charge in [0, 0.05) is 18.3 Å². The lowest BCUT2D eigenvalue weighted by atomic mass is 9.77. The Bertz CT molecular complexity index is 748. The van der Waals surface area contributed by atoms with E-state index in [1.54, 1.807) is 12.4 Å². The van der Waals surface area contributed by atoms with E-state index in [4.69, 9.17) is 0 Å². The number of fused-ring (bicyclic) bond motifs is 1. The zero-order valence-electron chi connectivity index (χ0n) is 12.6. The van der Waals surface area contributed by atoms with Gasteiger partial charge in [-0.3, -0.25) is 14.6 Å². The summed E-state index contributed by atoms with van der Waals surface area (Å²) in [6.45, 7) is 2.99. The fourth-order valence-corrected chi connectivity index (χ4v) is 3.26. The maximum Gasteiger partial charge on any atom is 0.141 e. The number of aromatic nitrogens is 1. The Kier molecular flexibility index (Phi) is 3.72. The minimum atomic E-state index is -0.643. The molecule has 1 aromatic carbocycles. The van der Waals surface area contributed by atoms with Crippen LogP contribution in [0.1, 0.15) is 36.5 Å². The van der Waals surface area contributed by atoms with E-state index in [2.05, 4.69) is 11.1 Å². The normalized spacial score (nSPS) is 16.3. The first-order valence-corrected chi connectivity index (χ1v) is 7.31. The number of carbonyl (C=O) groups is 2. The molecule has 1 unspecified atom stereocenters. The van der Waals surface area contributed by atoms with Crippen LogP contribution in [-0.4, -0.2) is 16.6 Å². The van der Waals surface area contributed by atoms with Crippen molar-refractivity contribution in [3.8, 4) is 0 Å². The van der Waals surface area contributed by atoms with Crippen molar-refractivity contribution in [2.24, 2.45) is 5.92 Å². The van der Waals surface area contributed by atoms with Crippen LogP contribution in [0.25, 0.3) is 11.6 Å². The summed E-state index contributed by atoms with van der Waals surface area (Å²) in [4.78, 5) is 28.4. The topological polar surface area (TPSA) is 47.0 Å². The van der Waals surface area contributed by atoms with Gasteiger partial charge in [0.15, 0.2) is 0 Å². The molecule has 110 valence electrons. The predicted octanol–water partition coefficient (Wildman–Crippen LogP) is 3.51. The molecule has 0 bridgehead atoms. The number of pyridine rings is 1. The van der Waals surface area contributed by atoms with Crippen molar-refractivity contribution >= 4 is 23.2 Å². The largest absolute Gasteiger partial charge is 0.299 e. The summed E-state index contributed by atoms with van der Waals surface area (Å²) >= 11 is 0. The van der Waals surface area contributed by atoms with Gasteiger partial charge in [-0.15, -0.1) is 0 Å². The van der Waals surface area contributed by atoms with E-state index in [-0.39, 0.29) is 17.5 Å². The maximum absolute atomic E-state index is 12.1. The van der Waals surface area contributed by atoms with Crippen LogP contribution >= 0.6 is 0 Å². The van der Waals surface area contributed by atoms with Crippen LogP contribution in [0.5, 0.6) is 0 Å². The molecule has 22 heavy (non-hydrogen) atoms. The monoisotopic (exact) mass is 291 g/mol. The molecule has 0 saturated carbocycles. The molecule has 0 amide bonds. The number of Topliss-reactive ketones (excluding diaryl/α,β-unsaturated/α-hetero) is 2. The highest BCUT2D eigenvalue weighted by molar-refractivity contribution is 6.06. The first-order valence-electron chi connectivity index (χ1n) is 7.31. The molecule has 3 heteroatoms. The van der Waals surface area contributed by atoms with Gasteiger partial charge in [0.1, 0.15) is 11.6 Å². The Morgan fingerprint density at radius 3 is 2.41 bits per heavy atom. The molecule has 2 aromatic rings. The lowest BCUT2D eigenvalue weighted by Crippen LogP contribution is -2.27. The third kappa shape index (κ3) is 2.39. The van der Waals surface area contributed by atoms with E-state index < -0.39 is 5.92 Å². The summed E-state index contributed by atoms with van der Waals surface area (Å²) in [5.41, 5.74) is 4.05. The smallest absolute Gasteiger partial charge is 0.141 e. The molecule has 1 aliphatic rings. The van der Waals surface area contributed by atoms with E-state index in [1.807, 2.05) is 36.4 Å². The number of rotatable bonds is 4. The molecule has 3 rings (SSSR count). The van der Waals surface area contributed by atoms with Crippen molar-refractivity contribution in [2.45, 2.75) is 19.8 Å². The summed E-state index contributed by atoms with van der Waals surface area (Å²) in [5.74, 6) is -1.06. The Hall–Kier alpha value is -2.55. The van der Waals surface area contributed by atoms with Gasteiger partial charge in [-0.25, -0.2) is 0 Å². The number of hydrogen-bond acceptors (Lipinski definition) is 3. The average molecular weight is 291 g/mol. The van der Waals surface area contributed by atoms with Gasteiger partial charge in [0.05, 0.1) is 5.92 Å². The van der Waals surface area contributed by atoms with Gasteiger partial charge in [-0.2, -0.15) is 0 Å². The van der Waals surface area contributed by atoms with Crippen molar-refractivity contribution in [2.75, 3.05) is 0 Å². The Balaban J connectivity index is 2.17. The highest BCUT2D eigenvalue weighted by Crippen LogP contribution is 2.46. The minimum absolute atomic E-state index is 0.0935. The minimum Gasteiger partial charge on any atom is -0.299 e.